The van der Waals surface area contributed by atoms with Gasteiger partial charge in [0, 0.05) is 23.0 Å². The summed E-state index contributed by atoms with van der Waals surface area (Å²) in [5.41, 5.74) is 5.71. The first-order chi connectivity index (χ1) is 13.9. The average Bonchev–Trinajstić information content (AvgIpc) is 2.69. The van der Waals surface area contributed by atoms with Gasteiger partial charge in [-0.25, -0.2) is 4.39 Å². The van der Waals surface area contributed by atoms with Crippen LogP contribution in [-0.4, -0.2) is 11.9 Å². The van der Waals surface area contributed by atoms with E-state index in [1.54, 1.807) is 12.1 Å². The number of nitrogens with one attached hydrogen (secondary N) is 1. The molecule has 0 radical (unpaired) electrons. The molecule has 4 heteroatoms. The van der Waals surface area contributed by atoms with E-state index in [2.05, 4.69) is 48.6 Å². The molecule has 4 rings (SSSR count). The van der Waals surface area contributed by atoms with E-state index in [4.69, 9.17) is 0 Å². The topological polar surface area (TPSA) is 32.3 Å². The number of halogens is 1. The van der Waals surface area contributed by atoms with Gasteiger partial charge >= 0.3 is 0 Å². The Kier molecular flexibility index (Phi) is 5.10. The highest BCUT2D eigenvalue weighted by molar-refractivity contribution is 6.07. The smallest absolute Gasteiger partial charge is 0.258 e. The summed E-state index contributed by atoms with van der Waals surface area (Å²) in [7, 11) is 0. The van der Waals surface area contributed by atoms with Crippen LogP contribution >= 0.6 is 0 Å². The third kappa shape index (κ3) is 3.88. The fraction of sp³-hybridized carbons (Fsp3) is 0.240. The lowest BCUT2D eigenvalue weighted by Gasteiger charge is -2.40. The summed E-state index contributed by atoms with van der Waals surface area (Å²) >= 11 is 0. The van der Waals surface area contributed by atoms with Gasteiger partial charge in [0.2, 0.25) is 0 Å². The summed E-state index contributed by atoms with van der Waals surface area (Å²) in [6, 6.07) is 20.5. The van der Waals surface area contributed by atoms with Crippen LogP contribution in [0.2, 0.25) is 0 Å². The van der Waals surface area contributed by atoms with Crippen molar-refractivity contribution >= 4 is 17.3 Å². The van der Waals surface area contributed by atoms with E-state index in [-0.39, 0.29) is 18.0 Å². The molecule has 2 atom stereocenters. The molecule has 0 saturated carbocycles. The maximum Gasteiger partial charge on any atom is 0.258 e. The first kappa shape index (κ1) is 19.2. The largest absolute Gasteiger partial charge is 0.378 e. The number of aryl methyl sites for hydroxylation is 2. The number of carbonyl (C=O) groups excluding carboxylic acids is 1. The third-order valence-electron chi connectivity index (χ3n) is 5.52. The monoisotopic (exact) mass is 388 g/mol. The predicted octanol–water partition coefficient (Wildman–Crippen LogP) is 6.03. The van der Waals surface area contributed by atoms with Crippen molar-refractivity contribution in [1.29, 1.82) is 0 Å². The maximum atomic E-state index is 13.7. The van der Waals surface area contributed by atoms with Gasteiger partial charge in [0.15, 0.2) is 0 Å². The summed E-state index contributed by atoms with van der Waals surface area (Å²) in [5.74, 6) is -0.568. The first-order valence-corrected chi connectivity index (χ1v) is 9.95. The van der Waals surface area contributed by atoms with E-state index in [1.807, 2.05) is 24.8 Å². The Bertz CT molecular complexity index is 1040. The molecule has 1 aliphatic heterocycles. The van der Waals surface area contributed by atoms with Gasteiger partial charge in [0.1, 0.15) is 5.82 Å². The van der Waals surface area contributed by atoms with Crippen molar-refractivity contribution in [2.45, 2.75) is 39.3 Å². The second-order valence-electron chi connectivity index (χ2n) is 7.90. The molecule has 0 fully saturated rings. The number of hydrogen-bond donors (Lipinski definition) is 1. The van der Waals surface area contributed by atoms with E-state index in [9.17, 15) is 9.18 Å². The SMILES string of the molecule is Cc1ccc(N[C@H]2C[C@H](C)N(C(=O)c3cccc(F)c3)c3cc(C)ccc32)cc1. The van der Waals surface area contributed by atoms with Crippen LogP contribution in [0.5, 0.6) is 0 Å². The Balaban J connectivity index is 1.72. The molecule has 0 saturated heterocycles. The zero-order chi connectivity index (χ0) is 20.5. The van der Waals surface area contributed by atoms with E-state index in [1.165, 1.54) is 17.7 Å². The van der Waals surface area contributed by atoms with Crippen LogP contribution in [0.15, 0.2) is 66.7 Å². The van der Waals surface area contributed by atoms with Crippen molar-refractivity contribution in [1.82, 2.24) is 0 Å². The minimum Gasteiger partial charge on any atom is -0.378 e. The Morgan fingerprint density at radius 2 is 1.72 bits per heavy atom. The summed E-state index contributed by atoms with van der Waals surface area (Å²) in [6.45, 7) is 6.14. The second-order valence-corrected chi connectivity index (χ2v) is 7.90. The maximum absolute atomic E-state index is 13.7. The molecule has 1 aliphatic rings. The number of rotatable bonds is 3. The number of hydrogen-bond acceptors (Lipinski definition) is 2. The highest BCUT2D eigenvalue weighted by Gasteiger charge is 2.34. The number of carbonyl (C=O) groups is 1. The van der Waals surface area contributed by atoms with Crippen molar-refractivity contribution in [3.05, 3.63) is 94.8 Å². The molecule has 0 aromatic heterocycles. The van der Waals surface area contributed by atoms with Crippen molar-refractivity contribution in [2.75, 3.05) is 10.2 Å². The van der Waals surface area contributed by atoms with Gasteiger partial charge in [-0.05, 0) is 74.7 Å². The third-order valence-corrected chi connectivity index (χ3v) is 5.52. The number of fused-ring (bicyclic) bond motifs is 1. The van der Waals surface area contributed by atoms with E-state index < -0.39 is 5.82 Å². The molecular formula is C25H25FN2O. The molecule has 1 N–H and O–H groups in total. The van der Waals surface area contributed by atoms with Crippen LogP contribution in [-0.2, 0) is 0 Å². The summed E-state index contributed by atoms with van der Waals surface area (Å²) in [5, 5.41) is 3.62. The minimum absolute atomic E-state index is 0.0250. The molecule has 148 valence electrons. The lowest BCUT2D eigenvalue weighted by atomic mass is 9.90. The Morgan fingerprint density at radius 1 is 1.00 bits per heavy atom. The zero-order valence-corrected chi connectivity index (χ0v) is 16.9. The highest BCUT2D eigenvalue weighted by Crippen LogP contribution is 2.40. The molecule has 0 bridgehead atoms. The molecule has 1 amide bonds. The molecule has 0 unspecified atom stereocenters. The summed E-state index contributed by atoms with van der Waals surface area (Å²) < 4.78 is 13.7. The van der Waals surface area contributed by atoms with Gasteiger partial charge in [0.05, 0.1) is 6.04 Å². The molecule has 0 aliphatic carbocycles. The quantitative estimate of drug-likeness (QED) is 0.594. The Hall–Kier alpha value is -3.14. The van der Waals surface area contributed by atoms with E-state index in [0.717, 1.165) is 28.9 Å². The van der Waals surface area contributed by atoms with Gasteiger partial charge in [-0.1, -0.05) is 35.9 Å². The van der Waals surface area contributed by atoms with Crippen molar-refractivity contribution in [2.24, 2.45) is 0 Å². The zero-order valence-electron chi connectivity index (χ0n) is 16.9. The van der Waals surface area contributed by atoms with Crippen LogP contribution in [0, 0.1) is 19.7 Å². The molecular weight excluding hydrogens is 363 g/mol. The van der Waals surface area contributed by atoms with Crippen LogP contribution < -0.4 is 10.2 Å². The van der Waals surface area contributed by atoms with Gasteiger partial charge in [-0.3, -0.25) is 4.79 Å². The second kappa shape index (κ2) is 7.70. The molecule has 1 heterocycles. The van der Waals surface area contributed by atoms with Crippen molar-refractivity contribution < 1.29 is 9.18 Å². The van der Waals surface area contributed by atoms with Gasteiger partial charge in [-0.2, -0.15) is 0 Å². The fourth-order valence-electron chi connectivity index (χ4n) is 4.03. The summed E-state index contributed by atoms with van der Waals surface area (Å²) in [4.78, 5) is 15.1. The van der Waals surface area contributed by atoms with Gasteiger partial charge in [0.25, 0.3) is 5.91 Å². The first-order valence-electron chi connectivity index (χ1n) is 9.95. The van der Waals surface area contributed by atoms with E-state index >= 15 is 0 Å². The number of nitrogens with zero attached hydrogens (tertiary/aromatic N) is 1. The van der Waals surface area contributed by atoms with Crippen LogP contribution in [0.1, 0.15) is 46.4 Å². The minimum atomic E-state index is -0.399. The molecule has 3 nitrogen and oxygen atoms in total. The van der Waals surface area contributed by atoms with E-state index in [0.29, 0.717) is 5.56 Å². The highest BCUT2D eigenvalue weighted by atomic mass is 19.1. The Morgan fingerprint density at radius 3 is 2.45 bits per heavy atom. The van der Waals surface area contributed by atoms with Crippen LogP contribution in [0.3, 0.4) is 0 Å². The Labute approximate surface area is 171 Å². The fourth-order valence-corrected chi connectivity index (χ4v) is 4.03. The number of benzene rings is 3. The number of amides is 1. The van der Waals surface area contributed by atoms with Crippen LogP contribution in [0.4, 0.5) is 15.8 Å². The average molecular weight is 388 g/mol. The normalized spacial score (nSPS) is 18.3. The van der Waals surface area contributed by atoms with Gasteiger partial charge < -0.3 is 10.2 Å². The van der Waals surface area contributed by atoms with Gasteiger partial charge in [-0.15, -0.1) is 0 Å². The lowest BCUT2D eigenvalue weighted by molar-refractivity contribution is 0.0973. The lowest BCUT2D eigenvalue weighted by Crippen LogP contribution is -2.44. The number of anilines is 2. The van der Waals surface area contributed by atoms with Crippen molar-refractivity contribution in [3.8, 4) is 0 Å². The predicted molar refractivity (Wildman–Crippen MR) is 116 cm³/mol. The molecule has 3 aromatic carbocycles. The molecule has 3 aromatic rings. The summed E-state index contributed by atoms with van der Waals surface area (Å²) in [6.07, 6.45) is 0.769. The van der Waals surface area contributed by atoms with Crippen LogP contribution in [0.25, 0.3) is 0 Å². The standard InChI is InChI=1S/C25H25FN2O/c1-16-7-10-21(11-8-16)27-23-14-18(3)28(24-13-17(2)9-12-22(23)24)25(29)19-5-4-6-20(26)15-19/h4-13,15,18,23,27H,14H2,1-3H3/t18-,23-/m0/s1. The van der Waals surface area contributed by atoms with Crippen molar-refractivity contribution in [3.63, 3.8) is 0 Å². The molecule has 29 heavy (non-hydrogen) atoms. The molecule has 0 spiro atoms.